The van der Waals surface area contributed by atoms with Crippen LogP contribution in [0.2, 0.25) is 0 Å². The summed E-state index contributed by atoms with van der Waals surface area (Å²) in [5.74, 6) is 0.676. The van der Waals surface area contributed by atoms with Crippen LogP contribution in [0.15, 0.2) is 0 Å². The first-order valence-corrected chi connectivity index (χ1v) is 5.71. The lowest BCUT2D eigenvalue weighted by Gasteiger charge is -2.22. The van der Waals surface area contributed by atoms with Crippen LogP contribution in [0.3, 0.4) is 0 Å². The molecule has 1 saturated carbocycles. The maximum Gasteiger partial charge on any atom is 0.237 e. The third-order valence-corrected chi connectivity index (χ3v) is 3.25. The zero-order valence-electron chi connectivity index (χ0n) is 9.25. The van der Waals surface area contributed by atoms with Crippen molar-refractivity contribution >= 4 is 5.91 Å². The molecular formula is C11H22N2O. The third kappa shape index (κ3) is 2.98. The van der Waals surface area contributed by atoms with E-state index >= 15 is 0 Å². The van der Waals surface area contributed by atoms with Crippen LogP contribution in [0.4, 0.5) is 0 Å². The molecule has 1 amide bonds. The van der Waals surface area contributed by atoms with Gasteiger partial charge in [0.05, 0.1) is 6.04 Å². The number of hydrogen-bond acceptors (Lipinski definition) is 2. The van der Waals surface area contributed by atoms with E-state index in [4.69, 9.17) is 5.73 Å². The Kier molecular flexibility index (Phi) is 4.39. The molecule has 3 N–H and O–H groups in total. The average molecular weight is 198 g/mol. The van der Waals surface area contributed by atoms with E-state index in [0.717, 1.165) is 0 Å². The van der Waals surface area contributed by atoms with E-state index in [9.17, 15) is 4.79 Å². The number of hydrogen-bond donors (Lipinski definition) is 2. The van der Waals surface area contributed by atoms with Crippen molar-refractivity contribution in [3.05, 3.63) is 0 Å². The Morgan fingerprint density at radius 1 is 1.50 bits per heavy atom. The predicted octanol–water partition coefficient (Wildman–Crippen LogP) is 1.42. The maximum absolute atomic E-state index is 11.5. The van der Waals surface area contributed by atoms with Crippen molar-refractivity contribution in [3.8, 4) is 0 Å². The molecule has 3 nitrogen and oxygen atoms in total. The molecule has 0 saturated heterocycles. The second-order valence-corrected chi connectivity index (χ2v) is 4.36. The minimum Gasteiger partial charge on any atom is -0.352 e. The molecule has 0 aromatic rings. The van der Waals surface area contributed by atoms with Crippen LogP contribution in [-0.2, 0) is 4.79 Å². The number of nitrogens with two attached hydrogens (primary N) is 1. The van der Waals surface area contributed by atoms with Gasteiger partial charge in [0.15, 0.2) is 0 Å². The molecule has 1 rings (SSSR count). The van der Waals surface area contributed by atoms with Gasteiger partial charge in [-0.3, -0.25) is 4.79 Å². The molecule has 0 aromatic carbocycles. The van der Waals surface area contributed by atoms with Crippen molar-refractivity contribution in [1.82, 2.24) is 5.32 Å². The fraction of sp³-hybridized carbons (Fsp3) is 0.909. The number of nitrogens with one attached hydrogen (secondary N) is 1. The van der Waals surface area contributed by atoms with Gasteiger partial charge in [-0.1, -0.05) is 19.8 Å². The van der Waals surface area contributed by atoms with Crippen LogP contribution in [0.5, 0.6) is 0 Å². The summed E-state index contributed by atoms with van der Waals surface area (Å²) in [7, 11) is 0. The van der Waals surface area contributed by atoms with E-state index in [0.29, 0.717) is 18.4 Å². The Bertz CT molecular complexity index is 188. The Morgan fingerprint density at radius 3 is 2.57 bits per heavy atom. The molecule has 0 aliphatic heterocycles. The summed E-state index contributed by atoms with van der Waals surface area (Å²) in [6.07, 6.45) is 5.84. The minimum atomic E-state index is -0.334. The van der Waals surface area contributed by atoms with Crippen molar-refractivity contribution in [1.29, 1.82) is 0 Å². The lowest BCUT2D eigenvalue weighted by Crippen LogP contribution is -2.46. The highest BCUT2D eigenvalue weighted by Gasteiger charge is 2.23. The zero-order valence-corrected chi connectivity index (χ0v) is 9.25. The third-order valence-electron chi connectivity index (χ3n) is 3.25. The van der Waals surface area contributed by atoms with E-state index < -0.39 is 0 Å². The molecule has 1 fully saturated rings. The lowest BCUT2D eigenvalue weighted by atomic mass is 9.99. The first kappa shape index (κ1) is 11.5. The smallest absolute Gasteiger partial charge is 0.237 e. The Hall–Kier alpha value is -0.570. The molecule has 0 bridgehead atoms. The van der Waals surface area contributed by atoms with Gasteiger partial charge in [0.2, 0.25) is 5.91 Å². The van der Waals surface area contributed by atoms with Crippen molar-refractivity contribution < 1.29 is 4.79 Å². The highest BCUT2D eigenvalue weighted by atomic mass is 16.2. The molecule has 0 radical (unpaired) electrons. The number of carbonyl (C=O) groups is 1. The fourth-order valence-corrected chi connectivity index (χ4v) is 2.09. The number of rotatable bonds is 4. The molecule has 0 aromatic heterocycles. The van der Waals surface area contributed by atoms with Crippen molar-refractivity contribution in [2.24, 2.45) is 11.7 Å². The average Bonchev–Trinajstić information content (AvgIpc) is 2.69. The molecule has 14 heavy (non-hydrogen) atoms. The number of carbonyl (C=O) groups excluding carboxylic acids is 1. The summed E-state index contributed by atoms with van der Waals surface area (Å²) < 4.78 is 0. The van der Waals surface area contributed by atoms with Gasteiger partial charge in [-0.25, -0.2) is 0 Å². The second kappa shape index (κ2) is 5.35. The van der Waals surface area contributed by atoms with Crippen LogP contribution >= 0.6 is 0 Å². The van der Waals surface area contributed by atoms with E-state index in [1.807, 2.05) is 6.92 Å². The Labute approximate surface area is 86.4 Å². The van der Waals surface area contributed by atoms with Crippen LogP contribution < -0.4 is 11.1 Å². The normalized spacial score (nSPS) is 21.9. The van der Waals surface area contributed by atoms with Crippen LogP contribution in [0, 0.1) is 5.92 Å². The van der Waals surface area contributed by atoms with E-state index in [-0.39, 0.29) is 11.9 Å². The predicted molar refractivity (Wildman–Crippen MR) is 57.8 cm³/mol. The topological polar surface area (TPSA) is 55.1 Å². The molecule has 0 heterocycles. The van der Waals surface area contributed by atoms with E-state index in [1.54, 1.807) is 0 Å². The molecule has 0 unspecified atom stereocenters. The molecule has 1 aliphatic rings. The Balaban J connectivity index is 2.31. The van der Waals surface area contributed by atoms with Gasteiger partial charge in [-0.05, 0) is 32.1 Å². The van der Waals surface area contributed by atoms with Crippen molar-refractivity contribution in [3.63, 3.8) is 0 Å². The SMILES string of the molecule is CC[C@@H](N)C(=O)N[C@H](C)C1CCCC1. The van der Waals surface area contributed by atoms with Gasteiger partial charge in [0, 0.05) is 6.04 Å². The highest BCUT2D eigenvalue weighted by Crippen LogP contribution is 2.27. The molecule has 2 atom stereocenters. The second-order valence-electron chi connectivity index (χ2n) is 4.36. The fourth-order valence-electron chi connectivity index (χ4n) is 2.09. The van der Waals surface area contributed by atoms with E-state index in [1.165, 1.54) is 25.7 Å². The van der Waals surface area contributed by atoms with Gasteiger partial charge in [0.1, 0.15) is 0 Å². The monoisotopic (exact) mass is 198 g/mol. The standard InChI is InChI=1S/C11H22N2O/c1-3-10(12)11(14)13-8(2)9-6-4-5-7-9/h8-10H,3-7,12H2,1-2H3,(H,13,14)/t8-,10-/m1/s1. The number of amides is 1. The maximum atomic E-state index is 11.5. The van der Waals surface area contributed by atoms with Gasteiger partial charge in [-0.2, -0.15) is 0 Å². The van der Waals surface area contributed by atoms with Crippen LogP contribution in [0.1, 0.15) is 46.0 Å². The molecule has 0 spiro atoms. The van der Waals surface area contributed by atoms with E-state index in [2.05, 4.69) is 12.2 Å². The summed E-state index contributed by atoms with van der Waals surface area (Å²) in [5.41, 5.74) is 5.65. The summed E-state index contributed by atoms with van der Waals surface area (Å²) in [4.78, 5) is 11.5. The molecule has 3 heteroatoms. The van der Waals surface area contributed by atoms with Gasteiger partial charge < -0.3 is 11.1 Å². The zero-order chi connectivity index (χ0) is 10.6. The molecule has 1 aliphatic carbocycles. The summed E-state index contributed by atoms with van der Waals surface area (Å²) in [5, 5.41) is 3.01. The Morgan fingerprint density at radius 2 is 2.07 bits per heavy atom. The summed E-state index contributed by atoms with van der Waals surface area (Å²) in [6, 6.07) is -0.0403. The van der Waals surface area contributed by atoms with Crippen molar-refractivity contribution in [2.75, 3.05) is 0 Å². The quantitative estimate of drug-likeness (QED) is 0.717. The summed E-state index contributed by atoms with van der Waals surface area (Å²) in [6.45, 7) is 4.03. The molecular weight excluding hydrogens is 176 g/mol. The lowest BCUT2D eigenvalue weighted by molar-refractivity contribution is -0.123. The first-order chi connectivity index (χ1) is 6.65. The molecule has 82 valence electrons. The van der Waals surface area contributed by atoms with Crippen molar-refractivity contribution in [2.45, 2.75) is 58.0 Å². The van der Waals surface area contributed by atoms with Crippen LogP contribution in [-0.4, -0.2) is 18.0 Å². The van der Waals surface area contributed by atoms with Gasteiger partial charge in [-0.15, -0.1) is 0 Å². The largest absolute Gasteiger partial charge is 0.352 e. The summed E-state index contributed by atoms with van der Waals surface area (Å²) >= 11 is 0. The highest BCUT2D eigenvalue weighted by molar-refractivity contribution is 5.81. The minimum absolute atomic E-state index is 0.00639. The first-order valence-electron chi connectivity index (χ1n) is 5.71. The van der Waals surface area contributed by atoms with Gasteiger partial charge >= 0.3 is 0 Å². The van der Waals surface area contributed by atoms with Crippen LogP contribution in [0.25, 0.3) is 0 Å². The van der Waals surface area contributed by atoms with Gasteiger partial charge in [0.25, 0.3) is 0 Å².